The summed E-state index contributed by atoms with van der Waals surface area (Å²) in [7, 11) is 0. The molecule has 1 fully saturated rings. The Morgan fingerprint density at radius 3 is 3.06 bits per heavy atom. The number of fused-ring (bicyclic) bond motifs is 1. The van der Waals surface area contributed by atoms with Crippen LogP contribution in [0.4, 0.5) is 10.3 Å². The molecule has 90 valence electrons. The fourth-order valence-electron chi connectivity index (χ4n) is 2.51. The third-order valence-corrected chi connectivity index (χ3v) is 3.37. The first-order valence-electron chi connectivity index (χ1n) is 5.72. The maximum atomic E-state index is 13.6. The monoisotopic (exact) mass is 235 g/mol. The summed E-state index contributed by atoms with van der Waals surface area (Å²) in [6.45, 7) is 2.71. The highest BCUT2D eigenvalue weighted by atomic mass is 19.1. The molecule has 4 nitrogen and oxygen atoms in total. The van der Waals surface area contributed by atoms with Gasteiger partial charge in [-0.05, 0) is 25.5 Å². The summed E-state index contributed by atoms with van der Waals surface area (Å²) in [5, 5.41) is 0. The molecule has 0 aliphatic carbocycles. The van der Waals surface area contributed by atoms with Crippen molar-refractivity contribution in [2.24, 2.45) is 0 Å². The lowest BCUT2D eigenvalue weighted by molar-refractivity contribution is 0.109. The third-order valence-electron chi connectivity index (χ3n) is 3.37. The largest absolute Gasteiger partial charge is 0.376 e. The Balaban J connectivity index is 2.22. The maximum Gasteiger partial charge on any atom is 0.201 e. The Morgan fingerprint density at radius 1 is 1.53 bits per heavy atom. The molecule has 3 rings (SSSR count). The van der Waals surface area contributed by atoms with Crippen LogP contribution >= 0.6 is 0 Å². The molecule has 1 aromatic heterocycles. The number of hydrogen-bond acceptors (Lipinski definition) is 3. The number of hydrogen-bond donors (Lipinski definition) is 1. The van der Waals surface area contributed by atoms with Gasteiger partial charge in [0.1, 0.15) is 5.52 Å². The number of nitrogen functional groups attached to an aromatic ring is 1. The zero-order valence-corrected chi connectivity index (χ0v) is 9.56. The first kappa shape index (κ1) is 10.5. The minimum absolute atomic E-state index is 0.0815. The number of anilines is 1. The van der Waals surface area contributed by atoms with Gasteiger partial charge in [-0.15, -0.1) is 0 Å². The molecule has 0 radical (unpaired) electrons. The van der Waals surface area contributed by atoms with Crippen LogP contribution in [0.15, 0.2) is 18.2 Å². The van der Waals surface area contributed by atoms with Crippen LogP contribution in [0.3, 0.4) is 0 Å². The predicted molar refractivity (Wildman–Crippen MR) is 63.2 cm³/mol. The van der Waals surface area contributed by atoms with Gasteiger partial charge in [-0.25, -0.2) is 9.37 Å². The number of imidazole rings is 1. The minimum Gasteiger partial charge on any atom is -0.376 e. The molecule has 1 aromatic carbocycles. The summed E-state index contributed by atoms with van der Waals surface area (Å²) >= 11 is 0. The quantitative estimate of drug-likeness (QED) is 0.823. The van der Waals surface area contributed by atoms with E-state index in [-0.39, 0.29) is 18.0 Å². The lowest BCUT2D eigenvalue weighted by atomic mass is 10.1. The molecule has 0 bridgehead atoms. The highest BCUT2D eigenvalue weighted by Crippen LogP contribution is 2.32. The third kappa shape index (κ3) is 1.50. The Kier molecular flexibility index (Phi) is 2.29. The van der Waals surface area contributed by atoms with Gasteiger partial charge in [0.15, 0.2) is 5.82 Å². The molecule has 2 heterocycles. The van der Waals surface area contributed by atoms with Crippen LogP contribution in [0.2, 0.25) is 0 Å². The van der Waals surface area contributed by atoms with Gasteiger partial charge in [0.05, 0.1) is 17.7 Å². The van der Waals surface area contributed by atoms with Crippen molar-refractivity contribution in [2.45, 2.75) is 25.5 Å². The van der Waals surface area contributed by atoms with Crippen LogP contribution in [0.5, 0.6) is 0 Å². The summed E-state index contributed by atoms with van der Waals surface area (Å²) in [5.74, 6) is 0.0203. The van der Waals surface area contributed by atoms with Gasteiger partial charge < -0.3 is 15.0 Å². The van der Waals surface area contributed by atoms with Crippen LogP contribution < -0.4 is 5.73 Å². The van der Waals surface area contributed by atoms with Gasteiger partial charge in [-0.1, -0.05) is 6.07 Å². The molecule has 2 unspecified atom stereocenters. The molecule has 17 heavy (non-hydrogen) atoms. The van der Waals surface area contributed by atoms with Crippen molar-refractivity contribution in [1.82, 2.24) is 9.55 Å². The predicted octanol–water partition coefficient (Wildman–Crippen LogP) is 2.11. The number of nitrogens with two attached hydrogens (primary N) is 1. The second kappa shape index (κ2) is 3.70. The highest BCUT2D eigenvalue weighted by Gasteiger charge is 2.29. The van der Waals surface area contributed by atoms with Crippen LogP contribution in [0.25, 0.3) is 11.0 Å². The van der Waals surface area contributed by atoms with Crippen molar-refractivity contribution < 1.29 is 9.13 Å². The van der Waals surface area contributed by atoms with Gasteiger partial charge in [0.25, 0.3) is 0 Å². The number of para-hydroxylation sites is 1. The molecular weight excluding hydrogens is 221 g/mol. The number of benzene rings is 1. The van der Waals surface area contributed by atoms with E-state index in [0.717, 1.165) is 11.9 Å². The van der Waals surface area contributed by atoms with Crippen molar-refractivity contribution >= 4 is 17.0 Å². The second-order valence-electron chi connectivity index (χ2n) is 4.38. The SMILES string of the molecule is CC1OCCC1n1c(N)nc2c(F)cccc21. The zero-order valence-electron chi connectivity index (χ0n) is 9.56. The number of nitrogens with zero attached hydrogens (tertiary/aromatic N) is 2. The second-order valence-corrected chi connectivity index (χ2v) is 4.38. The van der Waals surface area contributed by atoms with E-state index < -0.39 is 0 Å². The van der Waals surface area contributed by atoms with E-state index in [1.165, 1.54) is 6.07 Å². The lowest BCUT2D eigenvalue weighted by Gasteiger charge is -2.18. The molecule has 2 N–H and O–H groups in total. The van der Waals surface area contributed by atoms with E-state index >= 15 is 0 Å². The molecule has 0 spiro atoms. The summed E-state index contributed by atoms with van der Waals surface area (Å²) in [6, 6.07) is 5.05. The Labute approximate surface area is 98.2 Å². The van der Waals surface area contributed by atoms with Gasteiger partial charge in [0.2, 0.25) is 5.95 Å². The number of aromatic nitrogens is 2. The standard InChI is InChI=1S/C12H14FN3O/c1-7-9(5-6-17-7)16-10-4-2-3-8(13)11(10)15-12(16)14/h2-4,7,9H,5-6H2,1H3,(H2,14,15). The Morgan fingerprint density at radius 2 is 2.35 bits per heavy atom. The average Bonchev–Trinajstić information content (AvgIpc) is 2.83. The van der Waals surface area contributed by atoms with Crippen LogP contribution in [0, 0.1) is 5.82 Å². The minimum atomic E-state index is -0.334. The fourth-order valence-corrected chi connectivity index (χ4v) is 2.51. The van der Waals surface area contributed by atoms with Crippen molar-refractivity contribution in [1.29, 1.82) is 0 Å². The molecule has 1 saturated heterocycles. The van der Waals surface area contributed by atoms with E-state index in [0.29, 0.717) is 18.1 Å². The average molecular weight is 235 g/mol. The van der Waals surface area contributed by atoms with Crippen LogP contribution in [0.1, 0.15) is 19.4 Å². The van der Waals surface area contributed by atoms with E-state index in [1.54, 1.807) is 6.07 Å². The molecule has 0 amide bonds. The van der Waals surface area contributed by atoms with Gasteiger partial charge in [-0.2, -0.15) is 0 Å². The van der Waals surface area contributed by atoms with E-state index in [9.17, 15) is 4.39 Å². The number of halogens is 1. The zero-order chi connectivity index (χ0) is 12.0. The fraction of sp³-hybridized carbons (Fsp3) is 0.417. The molecular formula is C12H14FN3O. The van der Waals surface area contributed by atoms with E-state index in [2.05, 4.69) is 4.98 Å². The number of ether oxygens (including phenoxy) is 1. The van der Waals surface area contributed by atoms with Crippen molar-refractivity contribution in [2.75, 3.05) is 12.3 Å². The van der Waals surface area contributed by atoms with Crippen LogP contribution in [-0.4, -0.2) is 22.3 Å². The van der Waals surface area contributed by atoms with Gasteiger partial charge >= 0.3 is 0 Å². The van der Waals surface area contributed by atoms with Gasteiger partial charge in [0, 0.05) is 6.61 Å². The summed E-state index contributed by atoms with van der Waals surface area (Å²) in [4.78, 5) is 4.10. The Bertz CT molecular complexity index is 566. The van der Waals surface area contributed by atoms with E-state index in [4.69, 9.17) is 10.5 Å². The molecule has 0 saturated carbocycles. The Hall–Kier alpha value is -1.62. The van der Waals surface area contributed by atoms with Crippen molar-refractivity contribution in [3.05, 3.63) is 24.0 Å². The summed E-state index contributed by atoms with van der Waals surface area (Å²) in [5.41, 5.74) is 6.97. The lowest BCUT2D eigenvalue weighted by Crippen LogP contribution is -2.18. The topological polar surface area (TPSA) is 53.1 Å². The van der Waals surface area contributed by atoms with Crippen molar-refractivity contribution in [3.63, 3.8) is 0 Å². The summed E-state index contributed by atoms with van der Waals surface area (Å²) < 4.78 is 21.0. The first-order valence-corrected chi connectivity index (χ1v) is 5.72. The summed E-state index contributed by atoms with van der Waals surface area (Å²) in [6.07, 6.45) is 0.964. The normalized spacial score (nSPS) is 24.6. The van der Waals surface area contributed by atoms with E-state index in [1.807, 2.05) is 17.6 Å². The molecule has 1 aliphatic heterocycles. The van der Waals surface area contributed by atoms with Gasteiger partial charge in [-0.3, -0.25) is 0 Å². The number of rotatable bonds is 1. The molecule has 1 aliphatic rings. The molecule has 2 aromatic rings. The smallest absolute Gasteiger partial charge is 0.201 e. The van der Waals surface area contributed by atoms with Crippen LogP contribution in [-0.2, 0) is 4.74 Å². The highest BCUT2D eigenvalue weighted by molar-refractivity contribution is 5.79. The van der Waals surface area contributed by atoms with Crippen molar-refractivity contribution in [3.8, 4) is 0 Å². The maximum absolute atomic E-state index is 13.6. The first-order chi connectivity index (χ1) is 8.18. The molecule has 5 heteroatoms. The molecule has 2 atom stereocenters.